The lowest BCUT2D eigenvalue weighted by molar-refractivity contribution is -0.142. The largest absolute Gasteiger partial charge is 0.480 e. The number of rotatable bonds is 29. The first-order chi connectivity index (χ1) is 39.5. The van der Waals surface area contributed by atoms with Crippen LogP contribution in [-0.2, 0) is 36.8 Å². The number of thiocarbonyl (C=S) groups is 2. The van der Waals surface area contributed by atoms with E-state index in [0.29, 0.717) is 16.3 Å². The highest BCUT2D eigenvalue weighted by atomic mass is 32.2. The monoisotopic (exact) mass is 1190 g/mol. The fraction of sp³-hybridized carbons (Fsp3) is 0.242. The second-order valence-electron chi connectivity index (χ2n) is 19.5. The summed E-state index contributed by atoms with van der Waals surface area (Å²) in [4.78, 5) is 59.9. The van der Waals surface area contributed by atoms with Gasteiger partial charge in [-0.2, -0.15) is 0 Å². The number of hydrogen-bond acceptors (Lipinski definition) is 12. The number of carbonyl (C=O) groups is 4. The number of benzene rings is 6. The highest BCUT2D eigenvalue weighted by Gasteiger charge is 2.26. The molecule has 0 saturated heterocycles. The van der Waals surface area contributed by atoms with Crippen LogP contribution in [0.15, 0.2) is 149 Å². The minimum Gasteiger partial charge on any atom is -0.480 e. The Morgan fingerprint density at radius 1 is 0.617 bits per heavy atom. The van der Waals surface area contributed by atoms with Crippen molar-refractivity contribution in [1.29, 1.82) is 0 Å². The van der Waals surface area contributed by atoms with Crippen molar-refractivity contribution >= 4 is 156 Å². The molecule has 0 fully saturated rings. The van der Waals surface area contributed by atoms with Crippen molar-refractivity contribution < 1.29 is 29.0 Å². The minimum atomic E-state index is -1.09. The quantitative estimate of drug-likeness (QED) is 0.0121. The highest BCUT2D eigenvalue weighted by Crippen LogP contribution is 2.51. The van der Waals surface area contributed by atoms with Crippen molar-refractivity contribution in [3.05, 3.63) is 170 Å². The van der Waals surface area contributed by atoms with Gasteiger partial charge in [-0.15, -0.1) is 34.4 Å². The molecule has 9 nitrogen and oxygen atoms in total. The number of amides is 2. The van der Waals surface area contributed by atoms with Crippen molar-refractivity contribution in [1.82, 2.24) is 9.80 Å². The maximum absolute atomic E-state index is 13.8. The van der Waals surface area contributed by atoms with Crippen LogP contribution < -0.4 is 4.90 Å². The number of para-hydroxylation sites is 2. The number of thioether (sulfide) groups is 2. The van der Waals surface area contributed by atoms with Gasteiger partial charge in [0, 0.05) is 53.4 Å². The second-order valence-corrected chi connectivity index (χ2v) is 24.2. The van der Waals surface area contributed by atoms with Gasteiger partial charge in [0.05, 0.1) is 21.0 Å². The van der Waals surface area contributed by atoms with Gasteiger partial charge in [-0.3, -0.25) is 24.1 Å². The van der Waals surface area contributed by atoms with E-state index in [1.54, 1.807) is 22.7 Å². The fourth-order valence-electron chi connectivity index (χ4n) is 10.1. The zero-order valence-electron chi connectivity index (χ0n) is 45.9. The molecule has 8 rings (SSSR count). The molecule has 0 saturated carbocycles. The maximum atomic E-state index is 13.8. The van der Waals surface area contributed by atoms with E-state index >= 15 is 0 Å². The number of carboxylic acid groups (broad SMARTS) is 1. The number of anilines is 3. The summed E-state index contributed by atoms with van der Waals surface area (Å²) in [6.45, 7) is 4.04. The van der Waals surface area contributed by atoms with Crippen molar-refractivity contribution in [3.8, 4) is 32.0 Å². The number of ether oxygens (including phenoxy) is 1. The maximum Gasteiger partial charge on any atom is 0.323 e. The Morgan fingerprint density at radius 3 is 1.58 bits per heavy atom. The number of carbonyl (C=O) groups excluding carboxylic acids is 3. The lowest BCUT2D eigenvalue weighted by Crippen LogP contribution is -2.32. The van der Waals surface area contributed by atoms with E-state index in [0.717, 1.165) is 156 Å². The zero-order chi connectivity index (χ0) is 57.3. The third-order valence-electron chi connectivity index (χ3n) is 13.9. The van der Waals surface area contributed by atoms with E-state index in [-0.39, 0.29) is 12.6 Å². The first-order valence-corrected chi connectivity index (χ1v) is 31.8. The molecule has 6 aromatic carbocycles. The molecule has 0 aliphatic rings. The Balaban J connectivity index is 1.43. The van der Waals surface area contributed by atoms with Gasteiger partial charge in [-0.1, -0.05) is 180 Å². The van der Waals surface area contributed by atoms with Gasteiger partial charge in [0.1, 0.15) is 6.54 Å². The molecule has 15 heteroatoms. The lowest BCUT2D eigenvalue weighted by atomic mass is 9.87. The molecular weight excluding hydrogens is 1120 g/mol. The second kappa shape index (κ2) is 29.8. The molecule has 0 aliphatic carbocycles. The molecule has 2 heterocycles. The summed E-state index contributed by atoms with van der Waals surface area (Å²) in [7, 11) is 1.49. The Hall–Kier alpha value is -6.72. The van der Waals surface area contributed by atoms with Crippen LogP contribution in [0, 0.1) is 0 Å². The summed E-state index contributed by atoms with van der Waals surface area (Å²) in [5.74, 6) is -1.84. The van der Waals surface area contributed by atoms with Crippen LogP contribution >= 0.6 is 70.6 Å². The van der Waals surface area contributed by atoms with Gasteiger partial charge in [-0.25, -0.2) is 0 Å². The van der Waals surface area contributed by atoms with E-state index in [1.165, 1.54) is 49.9 Å². The third kappa shape index (κ3) is 14.9. The third-order valence-corrected chi connectivity index (χ3v) is 18.2. The lowest BCUT2D eigenvalue weighted by Gasteiger charge is -2.30. The number of likely N-dealkylation sites (N-methyl/N-ethyl adjacent to an activating group) is 1. The summed E-state index contributed by atoms with van der Waals surface area (Å²) in [6.07, 6.45) is 16.1. The molecule has 1 N–H and O–H groups in total. The smallest absolute Gasteiger partial charge is 0.323 e. The molecule has 8 aromatic rings. The van der Waals surface area contributed by atoms with Gasteiger partial charge < -0.3 is 19.6 Å². The van der Waals surface area contributed by atoms with Crippen LogP contribution in [-0.4, -0.2) is 75.9 Å². The van der Waals surface area contributed by atoms with E-state index in [9.17, 15) is 24.3 Å². The number of carboxylic acids is 1. The van der Waals surface area contributed by atoms with E-state index < -0.39 is 18.4 Å². The molecule has 0 aliphatic heterocycles. The summed E-state index contributed by atoms with van der Waals surface area (Å²) < 4.78 is 6.37. The van der Waals surface area contributed by atoms with Gasteiger partial charge in [0.2, 0.25) is 0 Å². The minimum absolute atomic E-state index is 0.272. The molecule has 0 atom stereocenters. The predicted molar refractivity (Wildman–Crippen MR) is 352 cm³/mol. The van der Waals surface area contributed by atoms with E-state index in [1.807, 2.05) is 30.5 Å². The van der Waals surface area contributed by atoms with Crippen molar-refractivity contribution in [2.24, 2.45) is 0 Å². The first kappa shape index (κ1) is 60.4. The first-order valence-electron chi connectivity index (χ1n) is 27.1. The number of unbranched alkanes of at least 4 members (excludes halogenated alkanes) is 6. The SMILES string of the molecule is CCCCCCc1cc(/C=C(/SC=S)C(=O)N(C)CC(=O)O)sc1-c1ccc2c(N(c3ccccc3)c3ccccc3)c3ccc(-c4sc(/C=C(/SC)C(=O)N(C=S)COC=O)cc4CCCCCC)cc3c(-c3ccccc3)c2c1. The fourth-order valence-corrected chi connectivity index (χ4v) is 14.1. The number of aryl methyl sites for hydroxylation is 2. The van der Waals surface area contributed by atoms with Gasteiger partial charge >= 0.3 is 5.97 Å². The molecule has 2 amide bonds. The van der Waals surface area contributed by atoms with Crippen molar-refractivity contribution in [2.45, 2.75) is 78.1 Å². The normalized spacial score (nSPS) is 11.7. The van der Waals surface area contributed by atoms with Gasteiger partial charge in [0.25, 0.3) is 18.3 Å². The van der Waals surface area contributed by atoms with Crippen LogP contribution in [0.25, 0.3) is 65.7 Å². The molecule has 81 heavy (non-hydrogen) atoms. The highest BCUT2D eigenvalue weighted by molar-refractivity contribution is 8.24. The zero-order valence-corrected chi connectivity index (χ0v) is 50.8. The average molecular weight is 1190 g/mol. The Kier molecular flexibility index (Phi) is 22.2. The topological polar surface area (TPSA) is 107 Å². The molecule has 0 spiro atoms. The number of fused-ring (bicyclic) bond motifs is 2. The van der Waals surface area contributed by atoms with Crippen molar-refractivity contribution in [2.75, 3.05) is 31.5 Å². The standard InChI is InChI=1S/C66H65N3O6S6/c1-5-7-9-14-24-46-34-52(38-58(78-4)66(74)68(42-76)41-75-43-70)80-63(46)48-30-32-54-56(36-48)61(45-22-16-11-17-23-45)57-37-49(31-33-55(57)62(54)69(50-26-18-12-19-27-50)51-28-20-13-21-29-51)64-47(25-15-10-8-6-2)35-53(81-64)39-59(79-44-77)65(73)67(3)40-60(71)72/h11-13,16-23,26-39,42-44H,5-10,14-15,24-25,40-41H2,1-4H3,(H,71,72)/b58-38+,59-39+. The van der Waals surface area contributed by atoms with Gasteiger partial charge in [0.15, 0.2) is 6.73 Å². The summed E-state index contributed by atoms with van der Waals surface area (Å²) in [5, 5.41) is 13.8. The summed E-state index contributed by atoms with van der Waals surface area (Å²) in [6, 6.07) is 49.8. The van der Waals surface area contributed by atoms with Crippen molar-refractivity contribution in [3.63, 3.8) is 0 Å². The van der Waals surface area contributed by atoms with E-state index in [4.69, 9.17) is 29.2 Å². The number of aliphatic carboxylic acids is 1. The Morgan fingerprint density at radius 2 is 1.12 bits per heavy atom. The number of nitrogens with zero attached hydrogens (tertiary/aromatic N) is 3. The van der Waals surface area contributed by atoms with E-state index in [2.05, 4.69) is 146 Å². The molecule has 0 radical (unpaired) electrons. The van der Waals surface area contributed by atoms with Gasteiger partial charge in [-0.05, 0) is 137 Å². The molecule has 0 unspecified atom stereocenters. The summed E-state index contributed by atoms with van der Waals surface area (Å²) in [5.41, 5.74) is 10.9. The number of hydrogen-bond donors (Lipinski definition) is 1. The van der Waals surface area contributed by atoms with Crippen LogP contribution in [0.1, 0.15) is 86.1 Å². The van der Waals surface area contributed by atoms with Crippen LogP contribution in [0.5, 0.6) is 0 Å². The molecular formula is C66H65N3O6S6. The molecule has 2 aromatic heterocycles. The Bertz CT molecular complexity index is 3540. The molecule has 0 bridgehead atoms. The number of thiophene rings is 2. The molecule has 416 valence electrons. The van der Waals surface area contributed by atoms with Crippen LogP contribution in [0.3, 0.4) is 0 Å². The van der Waals surface area contributed by atoms with Crippen LogP contribution in [0.2, 0.25) is 0 Å². The Labute approximate surface area is 502 Å². The predicted octanol–water partition coefficient (Wildman–Crippen LogP) is 18.0. The van der Waals surface area contributed by atoms with Crippen LogP contribution in [0.4, 0.5) is 17.1 Å². The summed E-state index contributed by atoms with van der Waals surface area (Å²) >= 11 is 16.2. The average Bonchev–Trinajstić information content (AvgIpc) is 4.15.